The van der Waals surface area contributed by atoms with E-state index in [9.17, 15) is 18.8 Å². The van der Waals surface area contributed by atoms with E-state index in [4.69, 9.17) is 9.26 Å². The molecule has 38 heavy (non-hydrogen) atoms. The number of sulfonamides is 1. The summed E-state index contributed by atoms with van der Waals surface area (Å²) in [6.07, 6.45) is 1.57. The Morgan fingerprint density at radius 1 is 1.29 bits per heavy atom. The molecule has 1 fully saturated rings. The monoisotopic (exact) mass is 537 g/mol. The second-order valence-corrected chi connectivity index (χ2v) is 11.9. The average Bonchev–Trinajstić information content (AvgIpc) is 3.63. The van der Waals surface area contributed by atoms with E-state index in [0.717, 1.165) is 16.7 Å². The molecule has 10 nitrogen and oxygen atoms in total. The Hall–Kier alpha value is -3.30. The lowest BCUT2D eigenvalue weighted by molar-refractivity contribution is 0.178. The molecule has 1 saturated heterocycles. The predicted molar refractivity (Wildman–Crippen MR) is 141 cm³/mol. The lowest BCUT2D eigenvalue weighted by Crippen LogP contribution is -2.35. The van der Waals surface area contributed by atoms with Crippen molar-refractivity contribution in [2.24, 2.45) is 0 Å². The maximum Gasteiger partial charge on any atom is 0.258 e. The van der Waals surface area contributed by atoms with E-state index >= 15 is 0 Å². The summed E-state index contributed by atoms with van der Waals surface area (Å²) in [7, 11) is -3.50. The van der Waals surface area contributed by atoms with Gasteiger partial charge < -0.3 is 14.4 Å². The van der Waals surface area contributed by atoms with Crippen LogP contribution in [0.3, 0.4) is 0 Å². The molecular weight excluding hydrogens is 506 g/mol. The number of hydrogen-bond donors (Lipinski definition) is 2. The standard InChI is InChI=1S/C27H31N5O5S/c1-17(2)36-25-9-6-18(14-19(25)15-28)27-29-26(30-37-27)23-5-3-4-22-21(23)7-8-24(22)31-38(34,35)13-12-32-11-10-20(33)16-32/h3-6,9,14,17,20,24,31,33H,7-8,10-13,16H2,1-2H3/t20-,24-/m1/s1. The highest BCUT2D eigenvalue weighted by molar-refractivity contribution is 7.89. The van der Waals surface area contributed by atoms with Gasteiger partial charge in [-0.25, -0.2) is 13.1 Å². The molecule has 0 radical (unpaired) electrons. The number of ether oxygens (including phenoxy) is 1. The maximum atomic E-state index is 12.8. The second kappa shape index (κ2) is 10.8. The molecule has 3 aromatic rings. The van der Waals surface area contributed by atoms with E-state index < -0.39 is 10.0 Å². The molecule has 2 aromatic carbocycles. The lowest BCUT2D eigenvalue weighted by Gasteiger charge is -2.18. The van der Waals surface area contributed by atoms with Crippen LogP contribution in [0.2, 0.25) is 0 Å². The normalized spacial score (nSPS) is 19.6. The van der Waals surface area contributed by atoms with Gasteiger partial charge in [-0.2, -0.15) is 10.2 Å². The number of nitrogens with zero attached hydrogens (tertiary/aromatic N) is 4. The van der Waals surface area contributed by atoms with Crippen molar-refractivity contribution >= 4 is 10.0 Å². The van der Waals surface area contributed by atoms with Crippen molar-refractivity contribution in [3.8, 4) is 34.7 Å². The van der Waals surface area contributed by atoms with Crippen molar-refractivity contribution in [2.75, 3.05) is 25.4 Å². The molecule has 1 aliphatic carbocycles. The van der Waals surface area contributed by atoms with E-state index in [-0.39, 0.29) is 29.9 Å². The number of nitriles is 1. The minimum Gasteiger partial charge on any atom is -0.490 e. The van der Waals surface area contributed by atoms with E-state index in [1.165, 1.54) is 0 Å². The van der Waals surface area contributed by atoms with Crippen LogP contribution in [0.5, 0.6) is 5.75 Å². The van der Waals surface area contributed by atoms with Crippen molar-refractivity contribution in [3.05, 3.63) is 53.1 Å². The van der Waals surface area contributed by atoms with Crippen molar-refractivity contribution in [1.82, 2.24) is 19.8 Å². The smallest absolute Gasteiger partial charge is 0.258 e. The van der Waals surface area contributed by atoms with Crippen LogP contribution in [0.1, 0.15) is 49.4 Å². The zero-order valence-electron chi connectivity index (χ0n) is 21.4. The Labute approximate surface area is 222 Å². The molecule has 2 aliphatic rings. The number of aliphatic hydroxyl groups is 1. The van der Waals surface area contributed by atoms with Crippen molar-refractivity contribution in [3.63, 3.8) is 0 Å². The number of benzene rings is 2. The van der Waals surface area contributed by atoms with Gasteiger partial charge in [0.1, 0.15) is 11.8 Å². The summed E-state index contributed by atoms with van der Waals surface area (Å²) in [4.78, 5) is 6.56. The van der Waals surface area contributed by atoms with Gasteiger partial charge in [-0.3, -0.25) is 4.90 Å². The summed E-state index contributed by atoms with van der Waals surface area (Å²) in [6.45, 7) is 5.43. The topological polar surface area (TPSA) is 142 Å². The summed E-state index contributed by atoms with van der Waals surface area (Å²) >= 11 is 0. The van der Waals surface area contributed by atoms with Gasteiger partial charge in [0, 0.05) is 36.8 Å². The van der Waals surface area contributed by atoms with Crippen LogP contribution in [-0.2, 0) is 16.4 Å². The molecule has 2 heterocycles. The van der Waals surface area contributed by atoms with Gasteiger partial charge in [0.05, 0.1) is 23.5 Å². The Morgan fingerprint density at radius 3 is 2.87 bits per heavy atom. The molecule has 0 unspecified atom stereocenters. The number of nitrogens with one attached hydrogen (secondary N) is 1. The number of hydrogen-bond acceptors (Lipinski definition) is 9. The zero-order chi connectivity index (χ0) is 26.9. The first kappa shape index (κ1) is 26.3. The summed E-state index contributed by atoms with van der Waals surface area (Å²) in [5, 5.41) is 23.4. The predicted octanol–water partition coefficient (Wildman–Crippen LogP) is 3.04. The Balaban J connectivity index is 1.32. The first-order valence-electron chi connectivity index (χ1n) is 12.8. The van der Waals surface area contributed by atoms with Crippen LogP contribution in [0.25, 0.3) is 22.8 Å². The van der Waals surface area contributed by atoms with E-state index in [0.29, 0.717) is 61.6 Å². The summed E-state index contributed by atoms with van der Waals surface area (Å²) in [6, 6.07) is 12.7. The highest BCUT2D eigenvalue weighted by Gasteiger charge is 2.30. The third kappa shape index (κ3) is 5.73. The number of fused-ring (bicyclic) bond motifs is 1. The van der Waals surface area contributed by atoms with Crippen LogP contribution >= 0.6 is 0 Å². The van der Waals surface area contributed by atoms with E-state index in [2.05, 4.69) is 20.9 Å². The minimum absolute atomic E-state index is 0.00880. The SMILES string of the molecule is CC(C)Oc1ccc(-c2nc(-c3cccc4c3CC[C@H]4NS(=O)(=O)CCN3CC[C@@H](O)C3)no2)cc1C#N. The van der Waals surface area contributed by atoms with Crippen LogP contribution in [-0.4, -0.2) is 66.2 Å². The van der Waals surface area contributed by atoms with Crippen LogP contribution in [0, 0.1) is 11.3 Å². The highest BCUT2D eigenvalue weighted by atomic mass is 32.2. The quantitative estimate of drug-likeness (QED) is 0.421. The van der Waals surface area contributed by atoms with Gasteiger partial charge in [-0.1, -0.05) is 23.4 Å². The second-order valence-electron chi connectivity index (χ2n) is 10.1. The van der Waals surface area contributed by atoms with Crippen molar-refractivity contribution in [1.29, 1.82) is 5.26 Å². The molecular formula is C27H31N5O5S. The molecule has 2 N–H and O–H groups in total. The summed E-state index contributed by atoms with van der Waals surface area (Å²) < 4.78 is 39.7. The first-order chi connectivity index (χ1) is 18.2. The van der Waals surface area contributed by atoms with Crippen molar-refractivity contribution in [2.45, 2.75) is 51.4 Å². The van der Waals surface area contributed by atoms with Crippen LogP contribution in [0.15, 0.2) is 40.9 Å². The van der Waals surface area contributed by atoms with E-state index in [1.807, 2.05) is 36.9 Å². The lowest BCUT2D eigenvalue weighted by atomic mass is 10.0. The number of aliphatic hydroxyl groups excluding tert-OH is 1. The summed E-state index contributed by atoms with van der Waals surface area (Å²) in [5.41, 5.74) is 3.70. The maximum absolute atomic E-state index is 12.8. The number of likely N-dealkylation sites (tertiary alicyclic amines) is 1. The molecule has 2 atom stereocenters. The summed E-state index contributed by atoms with van der Waals surface area (Å²) in [5.74, 6) is 1.19. The zero-order valence-corrected chi connectivity index (χ0v) is 22.2. The van der Waals surface area contributed by atoms with Gasteiger partial charge in [0.2, 0.25) is 15.8 Å². The molecule has 0 bridgehead atoms. The minimum atomic E-state index is -3.50. The number of rotatable bonds is 9. The number of β-amino-alcohol motifs (C(OH)–C–C–N with tert-alkyl or cyclic N) is 1. The average molecular weight is 538 g/mol. The fourth-order valence-corrected chi connectivity index (χ4v) is 6.38. The Morgan fingerprint density at radius 2 is 2.13 bits per heavy atom. The van der Waals surface area contributed by atoms with E-state index in [1.54, 1.807) is 18.2 Å². The molecule has 1 aromatic heterocycles. The molecule has 200 valence electrons. The Bertz CT molecular complexity index is 1460. The van der Waals surface area contributed by atoms with Gasteiger partial charge >= 0.3 is 0 Å². The number of aromatic nitrogens is 2. The van der Waals surface area contributed by atoms with Crippen LogP contribution in [0.4, 0.5) is 0 Å². The largest absolute Gasteiger partial charge is 0.490 e. The fraction of sp³-hybridized carbons (Fsp3) is 0.444. The molecule has 11 heteroatoms. The third-order valence-corrected chi connectivity index (χ3v) is 8.26. The molecule has 0 amide bonds. The van der Waals surface area contributed by atoms with Gasteiger partial charge in [-0.05, 0) is 62.4 Å². The van der Waals surface area contributed by atoms with Crippen molar-refractivity contribution < 1.29 is 22.8 Å². The van der Waals surface area contributed by atoms with Gasteiger partial charge in [0.25, 0.3) is 5.89 Å². The molecule has 1 aliphatic heterocycles. The van der Waals surface area contributed by atoms with Crippen LogP contribution < -0.4 is 9.46 Å². The Kier molecular flexibility index (Phi) is 7.49. The molecule has 0 spiro atoms. The highest BCUT2D eigenvalue weighted by Crippen LogP contribution is 2.38. The molecule has 0 saturated carbocycles. The third-order valence-electron chi connectivity index (χ3n) is 6.89. The van der Waals surface area contributed by atoms with Gasteiger partial charge in [-0.15, -0.1) is 0 Å². The van der Waals surface area contributed by atoms with Gasteiger partial charge in [0.15, 0.2) is 0 Å². The fourth-order valence-electron chi connectivity index (χ4n) is 5.08. The molecule has 5 rings (SSSR count). The first-order valence-corrected chi connectivity index (χ1v) is 14.4.